The van der Waals surface area contributed by atoms with Gasteiger partial charge in [0.05, 0.1) is 13.1 Å². The summed E-state index contributed by atoms with van der Waals surface area (Å²) in [4.78, 5) is 4.23. The fourth-order valence-corrected chi connectivity index (χ4v) is 1.71. The van der Waals surface area contributed by atoms with Crippen LogP contribution in [0.25, 0.3) is 0 Å². The molecule has 0 radical (unpaired) electrons. The Hall–Kier alpha value is -1.88. The Morgan fingerprint density at radius 3 is 3.06 bits per heavy atom. The summed E-state index contributed by atoms with van der Waals surface area (Å²) in [5, 5.41) is 17.0. The third-order valence-electron chi connectivity index (χ3n) is 2.55. The Morgan fingerprint density at radius 2 is 2.28 bits per heavy atom. The Labute approximate surface area is 106 Å². The molecule has 0 aliphatic heterocycles. The van der Waals surface area contributed by atoms with E-state index in [-0.39, 0.29) is 5.75 Å². The lowest BCUT2D eigenvalue weighted by Gasteiger charge is -2.01. The minimum atomic E-state index is 0.275. The molecule has 0 aliphatic carbocycles. The minimum Gasteiger partial charge on any atom is -0.508 e. The molecule has 1 aromatic heterocycles. The van der Waals surface area contributed by atoms with Gasteiger partial charge in [-0.1, -0.05) is 19.1 Å². The number of rotatable bonds is 6. The standard InChI is InChI=1S/C13H18N4O/c1-2-6-14-8-13-15-10-17(16-13)9-11-4-3-5-12(18)7-11/h3-5,7,10,14,18H,2,6,8-9H2,1H3. The number of nitrogens with one attached hydrogen (secondary N) is 1. The van der Waals surface area contributed by atoms with Gasteiger partial charge in [-0.2, -0.15) is 5.10 Å². The summed E-state index contributed by atoms with van der Waals surface area (Å²) in [6.45, 7) is 4.41. The predicted octanol–water partition coefficient (Wildman–Crippen LogP) is 1.53. The van der Waals surface area contributed by atoms with E-state index in [1.807, 2.05) is 12.1 Å². The van der Waals surface area contributed by atoms with Gasteiger partial charge >= 0.3 is 0 Å². The second-order valence-corrected chi connectivity index (χ2v) is 4.21. The molecule has 0 saturated heterocycles. The van der Waals surface area contributed by atoms with Crippen molar-refractivity contribution in [3.8, 4) is 5.75 Å². The van der Waals surface area contributed by atoms with Crippen molar-refractivity contribution >= 4 is 0 Å². The van der Waals surface area contributed by atoms with Crippen LogP contribution in [0.15, 0.2) is 30.6 Å². The molecule has 1 aromatic carbocycles. The third-order valence-corrected chi connectivity index (χ3v) is 2.55. The summed E-state index contributed by atoms with van der Waals surface area (Å²) >= 11 is 0. The summed E-state index contributed by atoms with van der Waals surface area (Å²) in [7, 11) is 0. The molecule has 2 N–H and O–H groups in total. The van der Waals surface area contributed by atoms with Crippen molar-refractivity contribution in [3.63, 3.8) is 0 Å². The first kappa shape index (κ1) is 12.6. The molecular weight excluding hydrogens is 228 g/mol. The Morgan fingerprint density at radius 1 is 1.39 bits per heavy atom. The van der Waals surface area contributed by atoms with Gasteiger partial charge in [-0.05, 0) is 30.7 Å². The predicted molar refractivity (Wildman–Crippen MR) is 69.2 cm³/mol. The summed E-state index contributed by atoms with van der Waals surface area (Å²) in [5.41, 5.74) is 1.01. The van der Waals surface area contributed by atoms with Crippen LogP contribution in [0.5, 0.6) is 5.75 Å². The van der Waals surface area contributed by atoms with Gasteiger partial charge in [0.15, 0.2) is 5.82 Å². The van der Waals surface area contributed by atoms with E-state index in [4.69, 9.17) is 0 Å². The maximum Gasteiger partial charge on any atom is 0.164 e. The smallest absolute Gasteiger partial charge is 0.164 e. The van der Waals surface area contributed by atoms with E-state index in [1.54, 1.807) is 23.1 Å². The first-order chi connectivity index (χ1) is 8.78. The average Bonchev–Trinajstić information content (AvgIpc) is 2.77. The highest BCUT2D eigenvalue weighted by molar-refractivity contribution is 5.27. The zero-order valence-electron chi connectivity index (χ0n) is 10.5. The van der Waals surface area contributed by atoms with E-state index >= 15 is 0 Å². The van der Waals surface area contributed by atoms with Crippen molar-refractivity contribution in [1.29, 1.82) is 0 Å². The van der Waals surface area contributed by atoms with Crippen LogP contribution >= 0.6 is 0 Å². The van der Waals surface area contributed by atoms with Gasteiger partial charge in [0, 0.05) is 0 Å². The molecule has 0 unspecified atom stereocenters. The minimum absolute atomic E-state index is 0.275. The quantitative estimate of drug-likeness (QED) is 0.759. The van der Waals surface area contributed by atoms with Crippen molar-refractivity contribution < 1.29 is 5.11 Å². The molecular formula is C13H18N4O. The molecule has 1 heterocycles. The zero-order valence-corrected chi connectivity index (χ0v) is 10.5. The van der Waals surface area contributed by atoms with Crippen LogP contribution in [0.4, 0.5) is 0 Å². The molecule has 5 heteroatoms. The molecule has 2 aromatic rings. The first-order valence-corrected chi connectivity index (χ1v) is 6.15. The summed E-state index contributed by atoms with van der Waals surface area (Å²) in [6, 6.07) is 7.17. The number of phenolic OH excluding ortho intramolecular Hbond substituents is 1. The summed E-state index contributed by atoms with van der Waals surface area (Å²) in [5.74, 6) is 1.07. The molecule has 18 heavy (non-hydrogen) atoms. The largest absolute Gasteiger partial charge is 0.508 e. The molecule has 0 atom stereocenters. The van der Waals surface area contributed by atoms with Crippen molar-refractivity contribution in [2.45, 2.75) is 26.4 Å². The SMILES string of the molecule is CCCNCc1ncn(Cc2cccc(O)c2)n1. The highest BCUT2D eigenvalue weighted by Gasteiger charge is 2.01. The maximum absolute atomic E-state index is 9.38. The van der Waals surface area contributed by atoms with Crippen LogP contribution in [-0.2, 0) is 13.1 Å². The Balaban J connectivity index is 1.94. The van der Waals surface area contributed by atoms with E-state index in [2.05, 4.69) is 22.3 Å². The van der Waals surface area contributed by atoms with E-state index in [0.29, 0.717) is 13.1 Å². The van der Waals surface area contributed by atoms with E-state index < -0.39 is 0 Å². The van der Waals surface area contributed by atoms with Crippen LogP contribution in [0, 0.1) is 0 Å². The van der Waals surface area contributed by atoms with Crippen molar-refractivity contribution in [3.05, 3.63) is 42.0 Å². The molecule has 0 spiro atoms. The monoisotopic (exact) mass is 246 g/mol. The lowest BCUT2D eigenvalue weighted by atomic mass is 10.2. The number of benzene rings is 1. The Kier molecular flexibility index (Phi) is 4.30. The van der Waals surface area contributed by atoms with Crippen molar-refractivity contribution in [2.75, 3.05) is 6.54 Å². The normalized spacial score (nSPS) is 10.7. The van der Waals surface area contributed by atoms with Gasteiger partial charge in [-0.15, -0.1) is 0 Å². The van der Waals surface area contributed by atoms with Gasteiger partial charge in [0.25, 0.3) is 0 Å². The van der Waals surface area contributed by atoms with Crippen LogP contribution in [0.2, 0.25) is 0 Å². The second kappa shape index (κ2) is 6.16. The molecule has 0 bridgehead atoms. The third kappa shape index (κ3) is 3.56. The highest BCUT2D eigenvalue weighted by Crippen LogP contribution is 2.11. The van der Waals surface area contributed by atoms with Crippen LogP contribution in [0.3, 0.4) is 0 Å². The van der Waals surface area contributed by atoms with E-state index in [9.17, 15) is 5.11 Å². The number of aromatic nitrogens is 3. The van der Waals surface area contributed by atoms with Crippen LogP contribution in [-0.4, -0.2) is 26.4 Å². The molecule has 96 valence electrons. The molecule has 0 aliphatic rings. The van der Waals surface area contributed by atoms with Crippen molar-refractivity contribution in [2.24, 2.45) is 0 Å². The number of aromatic hydroxyl groups is 1. The fraction of sp³-hybridized carbons (Fsp3) is 0.385. The van der Waals surface area contributed by atoms with E-state index in [1.165, 1.54) is 0 Å². The number of phenols is 1. The number of hydrogen-bond donors (Lipinski definition) is 2. The fourth-order valence-electron chi connectivity index (χ4n) is 1.71. The summed E-state index contributed by atoms with van der Waals surface area (Å²) in [6.07, 6.45) is 2.82. The molecule has 0 amide bonds. The van der Waals surface area contributed by atoms with Crippen molar-refractivity contribution in [1.82, 2.24) is 20.1 Å². The lowest BCUT2D eigenvalue weighted by molar-refractivity contribution is 0.474. The molecule has 0 saturated carbocycles. The number of hydrogen-bond acceptors (Lipinski definition) is 4. The highest BCUT2D eigenvalue weighted by atomic mass is 16.3. The van der Waals surface area contributed by atoms with Gasteiger partial charge in [-0.25, -0.2) is 9.67 Å². The first-order valence-electron chi connectivity index (χ1n) is 6.15. The topological polar surface area (TPSA) is 63.0 Å². The zero-order chi connectivity index (χ0) is 12.8. The second-order valence-electron chi connectivity index (χ2n) is 4.21. The van der Waals surface area contributed by atoms with Crippen LogP contribution in [0.1, 0.15) is 24.7 Å². The van der Waals surface area contributed by atoms with Gasteiger partial charge < -0.3 is 10.4 Å². The van der Waals surface area contributed by atoms with Crippen LogP contribution < -0.4 is 5.32 Å². The summed E-state index contributed by atoms with van der Waals surface area (Å²) < 4.78 is 1.78. The molecule has 0 fully saturated rings. The maximum atomic E-state index is 9.38. The van der Waals surface area contributed by atoms with E-state index in [0.717, 1.165) is 24.4 Å². The van der Waals surface area contributed by atoms with Gasteiger partial charge in [0.1, 0.15) is 12.1 Å². The average molecular weight is 246 g/mol. The number of nitrogens with zero attached hydrogens (tertiary/aromatic N) is 3. The lowest BCUT2D eigenvalue weighted by Crippen LogP contribution is -2.15. The molecule has 5 nitrogen and oxygen atoms in total. The molecule has 2 rings (SSSR count). The van der Waals surface area contributed by atoms with Gasteiger partial charge in [0.2, 0.25) is 0 Å². The Bertz CT molecular complexity index is 495. The van der Waals surface area contributed by atoms with Gasteiger partial charge in [-0.3, -0.25) is 0 Å².